The van der Waals surface area contributed by atoms with Gasteiger partial charge in [-0.05, 0) is 24.3 Å². The number of hydrogen-bond acceptors (Lipinski definition) is 3. The fourth-order valence-corrected chi connectivity index (χ4v) is 1.67. The largest absolute Gasteiger partial charge is 0.332 e. The van der Waals surface area contributed by atoms with E-state index in [0.29, 0.717) is 17.8 Å². The molecule has 0 unspecified atom stereocenters. The molecule has 5 nitrogen and oxygen atoms in total. The van der Waals surface area contributed by atoms with Crippen molar-refractivity contribution in [2.75, 3.05) is 18.4 Å². The first kappa shape index (κ1) is 15.6. The first-order chi connectivity index (χ1) is 9.43. The Morgan fingerprint density at radius 1 is 1.20 bits per heavy atom. The van der Waals surface area contributed by atoms with Crippen LogP contribution in [0.1, 0.15) is 24.2 Å². The van der Waals surface area contributed by atoms with Gasteiger partial charge in [-0.3, -0.25) is 14.4 Å². The quantitative estimate of drug-likeness (QED) is 0.636. The number of amides is 2. The van der Waals surface area contributed by atoms with Gasteiger partial charge in [-0.1, -0.05) is 6.08 Å². The molecule has 0 saturated heterocycles. The van der Waals surface area contributed by atoms with Crippen molar-refractivity contribution >= 4 is 23.3 Å². The van der Waals surface area contributed by atoms with Crippen LogP contribution < -0.4 is 5.32 Å². The molecule has 0 heterocycles. The first-order valence-corrected chi connectivity index (χ1v) is 6.21. The highest BCUT2D eigenvalue weighted by atomic mass is 16.2. The van der Waals surface area contributed by atoms with E-state index in [9.17, 15) is 14.4 Å². The summed E-state index contributed by atoms with van der Waals surface area (Å²) in [5.74, 6) is -0.498. The van der Waals surface area contributed by atoms with Gasteiger partial charge in [0.05, 0.1) is 6.54 Å². The zero-order valence-corrected chi connectivity index (χ0v) is 11.7. The van der Waals surface area contributed by atoms with Gasteiger partial charge in [0.1, 0.15) is 0 Å². The maximum Gasteiger partial charge on any atom is 0.221 e. The third kappa shape index (κ3) is 4.68. The molecule has 2 amide bonds. The summed E-state index contributed by atoms with van der Waals surface area (Å²) in [5, 5.41) is 2.62. The Kier molecular flexibility index (Phi) is 5.65. The van der Waals surface area contributed by atoms with Crippen LogP contribution in [0, 0.1) is 0 Å². The zero-order chi connectivity index (χ0) is 15.1. The predicted octanol–water partition coefficient (Wildman–Crippen LogP) is 1.86. The third-order valence-corrected chi connectivity index (χ3v) is 2.66. The van der Waals surface area contributed by atoms with Crippen LogP contribution in [0.15, 0.2) is 36.9 Å². The average molecular weight is 274 g/mol. The first-order valence-electron chi connectivity index (χ1n) is 6.21. The molecule has 0 fully saturated rings. The van der Waals surface area contributed by atoms with E-state index in [1.165, 1.54) is 18.7 Å². The molecule has 0 aliphatic rings. The van der Waals surface area contributed by atoms with Crippen molar-refractivity contribution in [2.24, 2.45) is 0 Å². The van der Waals surface area contributed by atoms with Gasteiger partial charge in [0, 0.05) is 31.6 Å². The number of Topliss-reactive ketones (excluding diaryl/α,β-unsaturated/α-hetero) is 1. The zero-order valence-electron chi connectivity index (χ0n) is 11.7. The predicted molar refractivity (Wildman–Crippen MR) is 77.5 cm³/mol. The molecule has 5 heteroatoms. The Morgan fingerprint density at radius 2 is 1.80 bits per heavy atom. The lowest BCUT2D eigenvalue weighted by Gasteiger charge is -2.18. The SMILES string of the molecule is C=CCN(CC(=O)c1ccc(NC(C)=O)cc1)C(C)=O. The van der Waals surface area contributed by atoms with E-state index in [1.807, 2.05) is 0 Å². The van der Waals surface area contributed by atoms with Crippen LogP contribution in [-0.2, 0) is 9.59 Å². The van der Waals surface area contributed by atoms with E-state index in [2.05, 4.69) is 11.9 Å². The summed E-state index contributed by atoms with van der Waals surface area (Å²) in [6, 6.07) is 6.56. The molecular weight excluding hydrogens is 256 g/mol. The highest BCUT2D eigenvalue weighted by Gasteiger charge is 2.13. The number of carbonyl (C=O) groups is 3. The molecule has 1 N–H and O–H groups in total. The standard InChI is InChI=1S/C15H18N2O3/c1-4-9-17(12(3)19)10-15(20)13-5-7-14(8-6-13)16-11(2)18/h4-8H,1,9-10H2,2-3H3,(H,16,18). The van der Waals surface area contributed by atoms with Gasteiger partial charge in [-0.25, -0.2) is 0 Å². The number of nitrogens with zero attached hydrogens (tertiary/aromatic N) is 1. The third-order valence-electron chi connectivity index (χ3n) is 2.66. The minimum absolute atomic E-state index is 0.0147. The maximum atomic E-state index is 12.1. The van der Waals surface area contributed by atoms with Crippen molar-refractivity contribution in [1.82, 2.24) is 4.90 Å². The van der Waals surface area contributed by atoms with E-state index in [4.69, 9.17) is 0 Å². The minimum Gasteiger partial charge on any atom is -0.332 e. The van der Waals surface area contributed by atoms with Gasteiger partial charge in [0.15, 0.2) is 5.78 Å². The minimum atomic E-state index is -0.173. The second kappa shape index (κ2) is 7.23. The van der Waals surface area contributed by atoms with Crippen LogP contribution in [-0.4, -0.2) is 35.6 Å². The van der Waals surface area contributed by atoms with E-state index in [-0.39, 0.29) is 24.1 Å². The van der Waals surface area contributed by atoms with Crippen molar-refractivity contribution in [2.45, 2.75) is 13.8 Å². The van der Waals surface area contributed by atoms with E-state index in [0.717, 1.165) is 0 Å². The summed E-state index contributed by atoms with van der Waals surface area (Å²) < 4.78 is 0. The van der Waals surface area contributed by atoms with Gasteiger partial charge < -0.3 is 10.2 Å². The molecule has 0 aliphatic heterocycles. The number of ketones is 1. The van der Waals surface area contributed by atoms with Crippen LogP contribution in [0.25, 0.3) is 0 Å². The molecular formula is C15H18N2O3. The van der Waals surface area contributed by atoms with Crippen molar-refractivity contribution in [3.05, 3.63) is 42.5 Å². The van der Waals surface area contributed by atoms with Gasteiger partial charge >= 0.3 is 0 Å². The summed E-state index contributed by atoms with van der Waals surface area (Å²) in [6.45, 7) is 6.74. The maximum absolute atomic E-state index is 12.1. The Morgan fingerprint density at radius 3 is 2.25 bits per heavy atom. The van der Waals surface area contributed by atoms with Gasteiger partial charge in [-0.15, -0.1) is 6.58 Å². The number of benzene rings is 1. The molecule has 0 atom stereocenters. The summed E-state index contributed by atoms with van der Waals surface area (Å²) >= 11 is 0. The molecule has 0 saturated carbocycles. The Balaban J connectivity index is 2.74. The number of carbonyl (C=O) groups excluding carboxylic acids is 3. The number of hydrogen-bond donors (Lipinski definition) is 1. The fourth-order valence-electron chi connectivity index (χ4n) is 1.67. The fraction of sp³-hybridized carbons (Fsp3) is 0.267. The Hall–Kier alpha value is -2.43. The summed E-state index contributed by atoms with van der Waals surface area (Å²) in [5.41, 5.74) is 1.12. The molecule has 106 valence electrons. The summed E-state index contributed by atoms with van der Waals surface area (Å²) in [4.78, 5) is 35.7. The highest BCUT2D eigenvalue weighted by Crippen LogP contribution is 2.10. The summed E-state index contributed by atoms with van der Waals surface area (Å²) in [7, 11) is 0. The van der Waals surface area contributed by atoms with Gasteiger partial charge in [-0.2, -0.15) is 0 Å². The van der Waals surface area contributed by atoms with E-state index in [1.54, 1.807) is 30.3 Å². The van der Waals surface area contributed by atoms with Crippen LogP contribution in [0.3, 0.4) is 0 Å². The second-order valence-corrected chi connectivity index (χ2v) is 4.37. The highest BCUT2D eigenvalue weighted by molar-refractivity contribution is 5.99. The van der Waals surface area contributed by atoms with Gasteiger partial charge in [0.2, 0.25) is 11.8 Å². The molecule has 0 radical (unpaired) electrons. The van der Waals surface area contributed by atoms with Crippen molar-refractivity contribution in [1.29, 1.82) is 0 Å². The van der Waals surface area contributed by atoms with E-state index >= 15 is 0 Å². The molecule has 0 spiro atoms. The van der Waals surface area contributed by atoms with Gasteiger partial charge in [0.25, 0.3) is 0 Å². The Bertz CT molecular complexity index is 520. The molecule has 1 rings (SSSR count). The molecule has 20 heavy (non-hydrogen) atoms. The van der Waals surface area contributed by atoms with Crippen molar-refractivity contribution in [3.8, 4) is 0 Å². The lowest BCUT2D eigenvalue weighted by molar-refractivity contribution is -0.127. The molecule has 0 aliphatic carbocycles. The summed E-state index contributed by atoms with van der Waals surface area (Å²) in [6.07, 6.45) is 1.58. The second-order valence-electron chi connectivity index (χ2n) is 4.37. The van der Waals surface area contributed by atoms with Crippen LogP contribution in [0.5, 0.6) is 0 Å². The smallest absolute Gasteiger partial charge is 0.221 e. The Labute approximate surface area is 118 Å². The molecule has 1 aromatic carbocycles. The molecule has 0 aromatic heterocycles. The number of anilines is 1. The average Bonchev–Trinajstić information content (AvgIpc) is 2.38. The van der Waals surface area contributed by atoms with Crippen LogP contribution >= 0.6 is 0 Å². The number of rotatable bonds is 6. The van der Waals surface area contributed by atoms with Crippen LogP contribution in [0.4, 0.5) is 5.69 Å². The molecule has 0 bridgehead atoms. The van der Waals surface area contributed by atoms with Crippen molar-refractivity contribution < 1.29 is 14.4 Å². The number of nitrogens with one attached hydrogen (secondary N) is 1. The normalized spacial score (nSPS) is 9.70. The topological polar surface area (TPSA) is 66.5 Å². The lowest BCUT2D eigenvalue weighted by Crippen LogP contribution is -2.34. The lowest BCUT2D eigenvalue weighted by atomic mass is 10.1. The van der Waals surface area contributed by atoms with Crippen molar-refractivity contribution in [3.63, 3.8) is 0 Å². The monoisotopic (exact) mass is 274 g/mol. The van der Waals surface area contributed by atoms with Crippen LogP contribution in [0.2, 0.25) is 0 Å². The molecule has 1 aromatic rings. The van der Waals surface area contributed by atoms with E-state index < -0.39 is 0 Å².